The Balaban J connectivity index is 4.62. The largest absolute Gasteiger partial charge is 0.481 e. The quantitative estimate of drug-likeness (QED) is 0.498. The molecule has 21 heavy (non-hydrogen) atoms. The molecule has 0 saturated carbocycles. The van der Waals surface area contributed by atoms with Gasteiger partial charge in [0.15, 0.2) is 0 Å². The normalized spacial score (nSPS) is 16.6. The van der Waals surface area contributed by atoms with Gasteiger partial charge in [-0.1, -0.05) is 0 Å². The van der Waals surface area contributed by atoms with Crippen molar-refractivity contribution in [3.63, 3.8) is 0 Å². The van der Waals surface area contributed by atoms with Crippen LogP contribution < -0.4 is 0 Å². The number of likely N-dealkylation sites (N-methyl/N-ethyl adjacent to an activating group) is 1. The smallest absolute Gasteiger partial charge is 0.472 e. The van der Waals surface area contributed by atoms with E-state index in [1.807, 2.05) is 21.1 Å². The summed E-state index contributed by atoms with van der Waals surface area (Å²) in [6.45, 7) is 6.86. The van der Waals surface area contributed by atoms with Crippen molar-refractivity contribution in [3.05, 3.63) is 0 Å². The third-order valence-electron chi connectivity index (χ3n) is 2.83. The average molecular weight is 326 g/mol. The second-order valence-corrected chi connectivity index (χ2v) is 8.91. The molecule has 0 heterocycles. The Morgan fingerprint density at radius 2 is 1.67 bits per heavy atom. The number of rotatable bonds is 9. The van der Waals surface area contributed by atoms with Crippen LogP contribution in [0.3, 0.4) is 0 Å². The molecule has 0 saturated heterocycles. The predicted molar refractivity (Wildman–Crippen MR) is 79.9 cm³/mol. The molecule has 126 valence electrons. The number of hydrogen-bond acceptors (Lipinski definition) is 4. The van der Waals surface area contributed by atoms with Gasteiger partial charge in [0.2, 0.25) is 0 Å². The number of carboxylic acids is 1. The van der Waals surface area contributed by atoms with Gasteiger partial charge in [0.05, 0.1) is 32.2 Å². The highest BCUT2D eigenvalue weighted by molar-refractivity contribution is 7.47. The Morgan fingerprint density at radius 1 is 1.19 bits per heavy atom. The van der Waals surface area contributed by atoms with Gasteiger partial charge in [-0.05, 0) is 34.1 Å². The van der Waals surface area contributed by atoms with E-state index in [-0.39, 0.29) is 13.0 Å². The average Bonchev–Trinajstić information content (AvgIpc) is 2.09. The van der Waals surface area contributed by atoms with Gasteiger partial charge >= 0.3 is 13.8 Å². The molecule has 0 fully saturated rings. The Labute approximate surface area is 127 Å². The molecule has 8 heteroatoms. The van der Waals surface area contributed by atoms with E-state index < -0.39 is 24.8 Å². The summed E-state index contributed by atoms with van der Waals surface area (Å²) in [7, 11) is 1.59. The van der Waals surface area contributed by atoms with Crippen molar-refractivity contribution in [3.8, 4) is 0 Å². The first-order chi connectivity index (χ1) is 9.06. The molecule has 1 atom stereocenters. The monoisotopic (exact) mass is 326 g/mol. The van der Waals surface area contributed by atoms with Gasteiger partial charge in [-0.2, -0.15) is 0 Å². The number of nitrogens with zero attached hydrogens (tertiary/aromatic N) is 1. The second kappa shape index (κ2) is 6.75. The molecule has 0 amide bonds. The lowest BCUT2D eigenvalue weighted by Crippen LogP contribution is -2.38. The summed E-state index contributed by atoms with van der Waals surface area (Å²) >= 11 is 0. The summed E-state index contributed by atoms with van der Waals surface area (Å²) in [5.41, 5.74) is -2.16. The van der Waals surface area contributed by atoms with Crippen LogP contribution in [0.5, 0.6) is 0 Å². The Hall–Kier alpha value is -0.460. The first-order valence-electron chi connectivity index (χ1n) is 6.78. The molecule has 0 aliphatic heterocycles. The maximum atomic E-state index is 11.9. The fourth-order valence-corrected chi connectivity index (χ4v) is 3.00. The molecule has 0 bridgehead atoms. The van der Waals surface area contributed by atoms with E-state index in [4.69, 9.17) is 14.2 Å². The minimum Gasteiger partial charge on any atom is -0.481 e. The zero-order valence-corrected chi connectivity index (χ0v) is 14.9. The molecule has 0 aliphatic rings. The molecular weight excluding hydrogens is 297 g/mol. The van der Waals surface area contributed by atoms with Gasteiger partial charge in [0.25, 0.3) is 0 Å². The van der Waals surface area contributed by atoms with Gasteiger partial charge in [-0.25, -0.2) is 4.57 Å². The Bertz CT molecular complexity index is 413. The minimum atomic E-state index is -4.22. The summed E-state index contributed by atoms with van der Waals surface area (Å²) in [5.74, 6) is -0.988. The number of hydrogen-bond donors (Lipinski definition) is 2. The third-order valence-corrected chi connectivity index (χ3v) is 4.06. The van der Waals surface area contributed by atoms with Crippen LogP contribution in [0.25, 0.3) is 0 Å². The van der Waals surface area contributed by atoms with Crippen molar-refractivity contribution in [2.75, 3.05) is 34.3 Å². The lowest BCUT2D eigenvalue weighted by Gasteiger charge is -2.33. The molecule has 0 aromatic rings. The van der Waals surface area contributed by atoms with Crippen LogP contribution in [0.4, 0.5) is 0 Å². The summed E-state index contributed by atoms with van der Waals surface area (Å²) in [5, 5.41) is 9.11. The Morgan fingerprint density at radius 3 is 2.05 bits per heavy atom. The molecule has 0 radical (unpaired) electrons. The summed E-state index contributed by atoms with van der Waals surface area (Å²) < 4.78 is 22.6. The second-order valence-electron chi connectivity index (χ2n) is 7.53. The number of quaternary nitrogens is 1. The lowest BCUT2D eigenvalue weighted by atomic mass is 9.82. The number of carboxylic acid groups (broad SMARTS) is 1. The van der Waals surface area contributed by atoms with E-state index >= 15 is 0 Å². The molecule has 2 N–H and O–H groups in total. The SMILES string of the molecule is CC(C)(CC(C)(C)C(=O)O)OP(=O)(O)OCC[N+](C)(C)C. The third kappa shape index (κ3) is 9.22. The number of phosphoric ester groups is 1. The molecular formula is C13H29NO6P+. The van der Waals surface area contributed by atoms with E-state index in [0.29, 0.717) is 11.0 Å². The fraction of sp³-hybridized carbons (Fsp3) is 0.923. The highest BCUT2D eigenvalue weighted by Crippen LogP contribution is 2.49. The first kappa shape index (κ1) is 20.5. The lowest BCUT2D eigenvalue weighted by molar-refractivity contribution is -0.870. The van der Waals surface area contributed by atoms with Crippen LogP contribution in [0.15, 0.2) is 0 Å². The molecule has 0 aliphatic carbocycles. The minimum absolute atomic E-state index is 0.0790. The van der Waals surface area contributed by atoms with Crippen molar-refractivity contribution >= 4 is 13.8 Å². The number of carbonyl (C=O) groups is 1. The zero-order chi connectivity index (χ0) is 17.1. The molecule has 0 spiro atoms. The van der Waals surface area contributed by atoms with Crippen LogP contribution in [0.2, 0.25) is 0 Å². The van der Waals surface area contributed by atoms with Crippen molar-refractivity contribution in [1.29, 1.82) is 0 Å². The van der Waals surface area contributed by atoms with Crippen molar-refractivity contribution < 1.29 is 32.9 Å². The van der Waals surface area contributed by atoms with Gasteiger partial charge in [0, 0.05) is 0 Å². The van der Waals surface area contributed by atoms with Crippen LogP contribution in [0.1, 0.15) is 34.1 Å². The van der Waals surface area contributed by atoms with E-state index in [0.717, 1.165) is 0 Å². The zero-order valence-electron chi connectivity index (χ0n) is 14.0. The molecule has 0 aromatic heterocycles. The molecule has 0 rings (SSSR count). The number of phosphoric acid groups is 1. The van der Waals surface area contributed by atoms with Crippen LogP contribution >= 0.6 is 7.82 Å². The maximum Gasteiger partial charge on any atom is 0.472 e. The van der Waals surface area contributed by atoms with E-state index in [1.165, 1.54) is 0 Å². The van der Waals surface area contributed by atoms with Gasteiger partial charge in [-0.15, -0.1) is 0 Å². The van der Waals surface area contributed by atoms with Crippen molar-refractivity contribution in [2.24, 2.45) is 5.41 Å². The fourth-order valence-electron chi connectivity index (χ4n) is 1.94. The highest BCUT2D eigenvalue weighted by Gasteiger charge is 2.40. The predicted octanol–water partition coefficient (Wildman–Crippen LogP) is 2.11. The van der Waals surface area contributed by atoms with Crippen LogP contribution in [-0.4, -0.2) is 60.3 Å². The first-order valence-corrected chi connectivity index (χ1v) is 8.28. The number of aliphatic carboxylic acids is 1. The summed E-state index contributed by atoms with van der Waals surface area (Å²) in [4.78, 5) is 20.9. The van der Waals surface area contributed by atoms with Gasteiger partial charge in [0.1, 0.15) is 13.2 Å². The topological polar surface area (TPSA) is 93.1 Å². The summed E-state index contributed by atoms with van der Waals surface area (Å²) in [6, 6.07) is 0. The molecule has 1 unspecified atom stereocenters. The van der Waals surface area contributed by atoms with E-state index in [2.05, 4.69) is 0 Å². The van der Waals surface area contributed by atoms with Crippen molar-refractivity contribution in [2.45, 2.75) is 39.7 Å². The van der Waals surface area contributed by atoms with E-state index in [9.17, 15) is 14.3 Å². The van der Waals surface area contributed by atoms with Gasteiger partial charge < -0.3 is 14.5 Å². The summed E-state index contributed by atoms with van der Waals surface area (Å²) in [6.07, 6.45) is 0.0819. The molecule has 7 nitrogen and oxygen atoms in total. The van der Waals surface area contributed by atoms with E-state index in [1.54, 1.807) is 27.7 Å². The molecule has 0 aromatic carbocycles. The van der Waals surface area contributed by atoms with Gasteiger partial charge in [-0.3, -0.25) is 13.8 Å². The Kier molecular flexibility index (Phi) is 6.60. The van der Waals surface area contributed by atoms with Crippen LogP contribution in [0, 0.1) is 5.41 Å². The maximum absolute atomic E-state index is 11.9. The standard InChI is InChI=1S/C13H28NO6P/c1-12(2,11(15)16)10-13(3,4)20-21(17,18)19-9-8-14(5,6)7/h8-10H2,1-7H3,(H-,15,16,17,18)/p+1. The highest BCUT2D eigenvalue weighted by atomic mass is 31.2. The van der Waals surface area contributed by atoms with Crippen LogP contribution in [-0.2, 0) is 18.4 Å². The van der Waals surface area contributed by atoms with Crippen molar-refractivity contribution in [1.82, 2.24) is 0 Å².